The third-order valence-electron chi connectivity index (χ3n) is 1.39. The molecule has 0 aliphatic carbocycles. The fourth-order valence-electron chi connectivity index (χ4n) is 0.840. The normalized spacial score (nSPS) is 9.62. The van der Waals surface area contributed by atoms with E-state index in [-0.39, 0.29) is 17.9 Å². The Morgan fingerprint density at radius 1 is 1.62 bits per heavy atom. The summed E-state index contributed by atoms with van der Waals surface area (Å²) in [6, 6.07) is 1.20. The van der Waals surface area contributed by atoms with Crippen LogP contribution in [0.25, 0.3) is 0 Å². The molecule has 0 atom stereocenters. The lowest BCUT2D eigenvalue weighted by atomic mass is 10.2. The monoisotopic (exact) mass is 183 g/mol. The molecule has 0 aromatic carbocycles. The quantitative estimate of drug-likeness (QED) is 0.658. The van der Waals surface area contributed by atoms with Crippen LogP contribution in [0.1, 0.15) is 17.3 Å². The second-order valence-corrected chi connectivity index (χ2v) is 2.25. The molecule has 1 rings (SSSR count). The first-order valence-corrected chi connectivity index (χ1v) is 3.71. The largest absolute Gasteiger partial charge is 0.507 e. The Labute approximate surface area is 74.6 Å². The highest BCUT2D eigenvalue weighted by molar-refractivity contribution is 5.94. The van der Waals surface area contributed by atoms with Crippen molar-refractivity contribution < 1.29 is 19.7 Å². The van der Waals surface area contributed by atoms with Gasteiger partial charge in [0.2, 0.25) is 5.88 Å². The molecule has 0 aliphatic heterocycles. The van der Waals surface area contributed by atoms with Gasteiger partial charge in [-0.25, -0.2) is 9.78 Å². The van der Waals surface area contributed by atoms with Gasteiger partial charge < -0.3 is 14.9 Å². The lowest BCUT2D eigenvalue weighted by molar-refractivity contribution is 0.0518. The molecule has 70 valence electrons. The molecule has 5 nitrogen and oxygen atoms in total. The van der Waals surface area contributed by atoms with Crippen molar-refractivity contribution in [2.45, 2.75) is 6.92 Å². The van der Waals surface area contributed by atoms with Crippen LogP contribution in [0.15, 0.2) is 12.3 Å². The van der Waals surface area contributed by atoms with Crippen molar-refractivity contribution in [1.82, 2.24) is 4.98 Å². The fraction of sp³-hybridized carbons (Fsp3) is 0.250. The van der Waals surface area contributed by atoms with Gasteiger partial charge in [-0.05, 0) is 13.0 Å². The smallest absolute Gasteiger partial charge is 0.347 e. The number of esters is 1. The second kappa shape index (κ2) is 3.75. The van der Waals surface area contributed by atoms with Crippen molar-refractivity contribution in [2.24, 2.45) is 0 Å². The van der Waals surface area contributed by atoms with E-state index in [0.717, 1.165) is 0 Å². The number of nitrogens with zero attached hydrogens (tertiary/aromatic N) is 1. The minimum absolute atomic E-state index is 0.173. The van der Waals surface area contributed by atoms with Crippen LogP contribution in [0.5, 0.6) is 11.6 Å². The average Bonchev–Trinajstić information content (AvgIpc) is 2.04. The lowest BCUT2D eigenvalue weighted by Crippen LogP contribution is -2.05. The Bertz CT molecular complexity index is 304. The molecule has 0 saturated carbocycles. The van der Waals surface area contributed by atoms with Gasteiger partial charge in [-0.3, -0.25) is 0 Å². The molecule has 5 heteroatoms. The Morgan fingerprint density at radius 3 is 2.85 bits per heavy atom. The van der Waals surface area contributed by atoms with Crippen LogP contribution in [-0.2, 0) is 4.74 Å². The third-order valence-corrected chi connectivity index (χ3v) is 1.39. The van der Waals surface area contributed by atoms with E-state index < -0.39 is 11.8 Å². The second-order valence-electron chi connectivity index (χ2n) is 2.25. The van der Waals surface area contributed by atoms with Gasteiger partial charge in [-0.15, -0.1) is 0 Å². The Morgan fingerprint density at radius 2 is 2.31 bits per heavy atom. The van der Waals surface area contributed by atoms with Gasteiger partial charge in [-0.2, -0.15) is 0 Å². The summed E-state index contributed by atoms with van der Waals surface area (Å²) in [5, 5.41) is 18.3. The molecule has 0 amide bonds. The molecule has 0 unspecified atom stereocenters. The van der Waals surface area contributed by atoms with Crippen LogP contribution in [-0.4, -0.2) is 27.8 Å². The highest BCUT2D eigenvalue weighted by Crippen LogP contribution is 2.24. The van der Waals surface area contributed by atoms with Crippen LogP contribution in [0.4, 0.5) is 0 Å². The SMILES string of the molecule is CCOC(=O)c1c(O)ccnc1O. The first kappa shape index (κ1) is 9.31. The van der Waals surface area contributed by atoms with Crippen LogP contribution < -0.4 is 0 Å². The Balaban J connectivity index is 3.05. The van der Waals surface area contributed by atoms with E-state index in [9.17, 15) is 9.90 Å². The third kappa shape index (κ3) is 1.87. The zero-order valence-electron chi connectivity index (χ0n) is 7.02. The lowest BCUT2D eigenvalue weighted by Gasteiger charge is -2.04. The first-order chi connectivity index (χ1) is 6.16. The summed E-state index contributed by atoms with van der Waals surface area (Å²) in [7, 11) is 0. The molecule has 0 radical (unpaired) electrons. The average molecular weight is 183 g/mol. The minimum Gasteiger partial charge on any atom is -0.507 e. The van der Waals surface area contributed by atoms with E-state index in [0.29, 0.717) is 0 Å². The van der Waals surface area contributed by atoms with E-state index in [2.05, 4.69) is 9.72 Å². The van der Waals surface area contributed by atoms with Crippen molar-refractivity contribution in [3.05, 3.63) is 17.8 Å². The molecule has 13 heavy (non-hydrogen) atoms. The number of rotatable bonds is 2. The summed E-state index contributed by atoms with van der Waals surface area (Å²) in [4.78, 5) is 14.5. The number of carbonyl (C=O) groups is 1. The fourth-order valence-corrected chi connectivity index (χ4v) is 0.840. The minimum atomic E-state index is -0.786. The van der Waals surface area contributed by atoms with E-state index >= 15 is 0 Å². The highest BCUT2D eigenvalue weighted by atomic mass is 16.5. The van der Waals surface area contributed by atoms with Gasteiger partial charge >= 0.3 is 5.97 Å². The van der Waals surface area contributed by atoms with Crippen LogP contribution >= 0.6 is 0 Å². The number of aromatic nitrogens is 1. The molecule has 2 N–H and O–H groups in total. The molecule has 0 fully saturated rings. The van der Waals surface area contributed by atoms with E-state index in [1.807, 2.05) is 0 Å². The van der Waals surface area contributed by atoms with Crippen molar-refractivity contribution >= 4 is 5.97 Å². The van der Waals surface area contributed by atoms with Crippen molar-refractivity contribution in [2.75, 3.05) is 6.61 Å². The first-order valence-electron chi connectivity index (χ1n) is 3.71. The van der Waals surface area contributed by atoms with Gasteiger partial charge in [0.05, 0.1) is 6.61 Å². The standard InChI is InChI=1S/C8H9NO4/c1-2-13-8(12)6-5(10)3-4-9-7(6)11/h3-4H,2H2,1H3,(H2,9,10,11). The zero-order valence-corrected chi connectivity index (χ0v) is 7.02. The number of carbonyl (C=O) groups excluding carboxylic acids is 1. The molecular formula is C8H9NO4. The molecule has 0 aliphatic rings. The predicted molar refractivity (Wildman–Crippen MR) is 43.5 cm³/mol. The van der Waals surface area contributed by atoms with Gasteiger partial charge in [0.15, 0.2) is 5.56 Å². The zero-order chi connectivity index (χ0) is 9.84. The number of pyridine rings is 1. The van der Waals surface area contributed by atoms with Crippen LogP contribution in [0, 0.1) is 0 Å². The summed E-state index contributed by atoms with van der Waals surface area (Å²) in [6.45, 7) is 1.80. The summed E-state index contributed by atoms with van der Waals surface area (Å²) >= 11 is 0. The summed E-state index contributed by atoms with van der Waals surface area (Å²) in [5.74, 6) is -1.66. The Hall–Kier alpha value is -1.78. The molecule has 1 aromatic heterocycles. The number of hydrogen-bond donors (Lipinski definition) is 2. The van der Waals surface area contributed by atoms with Gasteiger partial charge in [-0.1, -0.05) is 0 Å². The predicted octanol–water partition coefficient (Wildman–Crippen LogP) is 0.669. The summed E-state index contributed by atoms with van der Waals surface area (Å²) in [5.41, 5.74) is -0.302. The topological polar surface area (TPSA) is 79.7 Å². The van der Waals surface area contributed by atoms with Crippen molar-refractivity contribution in [1.29, 1.82) is 0 Å². The highest BCUT2D eigenvalue weighted by Gasteiger charge is 2.17. The van der Waals surface area contributed by atoms with Crippen molar-refractivity contribution in [3.63, 3.8) is 0 Å². The maximum absolute atomic E-state index is 11.1. The van der Waals surface area contributed by atoms with Crippen LogP contribution in [0.3, 0.4) is 0 Å². The molecule has 0 bridgehead atoms. The number of aromatic hydroxyl groups is 2. The molecular weight excluding hydrogens is 174 g/mol. The summed E-state index contributed by atoms with van der Waals surface area (Å²) < 4.78 is 4.59. The van der Waals surface area contributed by atoms with E-state index in [1.54, 1.807) is 6.92 Å². The molecule has 1 heterocycles. The molecule has 1 aromatic rings. The Kier molecular flexibility index (Phi) is 2.69. The van der Waals surface area contributed by atoms with Crippen molar-refractivity contribution in [3.8, 4) is 11.6 Å². The number of ether oxygens (including phenoxy) is 1. The maximum Gasteiger partial charge on any atom is 0.347 e. The summed E-state index contributed by atoms with van der Waals surface area (Å²) in [6.07, 6.45) is 1.19. The molecule has 0 spiro atoms. The maximum atomic E-state index is 11.1. The van der Waals surface area contributed by atoms with Gasteiger partial charge in [0, 0.05) is 6.20 Å². The molecule has 0 saturated heterocycles. The van der Waals surface area contributed by atoms with E-state index in [1.165, 1.54) is 12.3 Å². The van der Waals surface area contributed by atoms with Crippen LogP contribution in [0.2, 0.25) is 0 Å². The van der Waals surface area contributed by atoms with Gasteiger partial charge in [0.1, 0.15) is 5.75 Å². The van der Waals surface area contributed by atoms with E-state index in [4.69, 9.17) is 5.11 Å². The number of hydrogen-bond acceptors (Lipinski definition) is 5. The van der Waals surface area contributed by atoms with Gasteiger partial charge in [0.25, 0.3) is 0 Å².